The summed E-state index contributed by atoms with van der Waals surface area (Å²) in [5.74, 6) is -1.10. The smallest absolute Gasteiger partial charge is 0.342 e. The van der Waals surface area contributed by atoms with Crippen molar-refractivity contribution in [2.45, 2.75) is 84.2 Å². The van der Waals surface area contributed by atoms with E-state index in [1.165, 1.54) is 7.11 Å². The molecule has 0 aromatic heterocycles. The standard InChI is InChI=1S/C25H34O8/c1-12-14-11-32-22(29)18(14)20(31-6)13-9-16-24(4,8-7-17(27)28)21(23(2,3)30)15(26)10-25(16,5)33-19(12)13/h15-16,21,26,30H,7-11H2,1-6H3,(H,27,28)/t15-,16+,21+,24+,25-/m0/s1. The van der Waals surface area contributed by atoms with Crippen LogP contribution in [0.3, 0.4) is 0 Å². The van der Waals surface area contributed by atoms with Gasteiger partial charge in [0.1, 0.15) is 29.3 Å². The predicted octanol–water partition coefficient (Wildman–Crippen LogP) is 3.01. The van der Waals surface area contributed by atoms with E-state index in [1.54, 1.807) is 13.8 Å². The third-order valence-corrected chi connectivity index (χ3v) is 8.25. The monoisotopic (exact) mass is 462 g/mol. The average Bonchev–Trinajstić information content (AvgIpc) is 3.07. The van der Waals surface area contributed by atoms with Gasteiger partial charge in [0.25, 0.3) is 0 Å². The van der Waals surface area contributed by atoms with Crippen LogP contribution in [-0.2, 0) is 22.6 Å². The Kier molecular flexibility index (Phi) is 5.49. The molecule has 0 spiro atoms. The van der Waals surface area contributed by atoms with Gasteiger partial charge in [0.2, 0.25) is 0 Å². The molecule has 2 heterocycles. The molecule has 5 atom stereocenters. The SMILES string of the molecule is COc1c2c(c(C)c3c1C(=O)OC3)O[C@@]1(C)C[C@H](O)[C@H](C(C)(C)O)[C@](C)(CCC(=O)O)[C@H]1C2. The minimum atomic E-state index is -1.24. The van der Waals surface area contributed by atoms with Crippen LogP contribution in [0.2, 0.25) is 0 Å². The maximum Gasteiger partial charge on any atom is 0.342 e. The van der Waals surface area contributed by atoms with Gasteiger partial charge in [-0.15, -0.1) is 0 Å². The molecule has 3 aliphatic rings. The van der Waals surface area contributed by atoms with Gasteiger partial charge in [0.15, 0.2) is 0 Å². The van der Waals surface area contributed by atoms with Gasteiger partial charge in [-0.3, -0.25) is 4.79 Å². The van der Waals surface area contributed by atoms with Gasteiger partial charge in [-0.2, -0.15) is 0 Å². The van der Waals surface area contributed by atoms with E-state index in [4.69, 9.17) is 14.2 Å². The molecule has 0 amide bonds. The fourth-order valence-corrected chi connectivity index (χ4v) is 7.11. The van der Waals surface area contributed by atoms with E-state index >= 15 is 0 Å². The summed E-state index contributed by atoms with van der Waals surface area (Å²) in [6.07, 6.45) is 0.0469. The van der Waals surface area contributed by atoms with Crippen molar-refractivity contribution in [1.29, 1.82) is 0 Å². The Morgan fingerprint density at radius 1 is 1.27 bits per heavy atom. The van der Waals surface area contributed by atoms with E-state index in [-0.39, 0.29) is 25.4 Å². The van der Waals surface area contributed by atoms with Crippen LogP contribution in [0.25, 0.3) is 0 Å². The molecular weight excluding hydrogens is 428 g/mol. The van der Waals surface area contributed by atoms with Crippen molar-refractivity contribution >= 4 is 11.9 Å². The highest BCUT2D eigenvalue weighted by Crippen LogP contribution is 2.61. The summed E-state index contributed by atoms with van der Waals surface area (Å²) in [4.78, 5) is 24.0. The summed E-state index contributed by atoms with van der Waals surface area (Å²) in [7, 11) is 1.51. The topological polar surface area (TPSA) is 123 Å². The number of methoxy groups -OCH3 is 1. The van der Waals surface area contributed by atoms with Crippen molar-refractivity contribution in [3.8, 4) is 11.5 Å². The molecule has 3 N–H and O–H groups in total. The Morgan fingerprint density at radius 2 is 1.94 bits per heavy atom. The van der Waals surface area contributed by atoms with Crippen LogP contribution in [0.4, 0.5) is 0 Å². The van der Waals surface area contributed by atoms with E-state index in [0.29, 0.717) is 29.9 Å². The third kappa shape index (κ3) is 3.49. The van der Waals surface area contributed by atoms with Gasteiger partial charge in [0, 0.05) is 35.8 Å². The number of aliphatic hydroxyl groups is 2. The minimum absolute atomic E-state index is 0.0953. The second kappa shape index (κ2) is 7.60. The van der Waals surface area contributed by atoms with Crippen LogP contribution in [0, 0.1) is 24.2 Å². The molecule has 4 rings (SSSR count). The molecule has 0 unspecified atom stereocenters. The Morgan fingerprint density at radius 3 is 2.52 bits per heavy atom. The van der Waals surface area contributed by atoms with Crippen LogP contribution < -0.4 is 9.47 Å². The number of carboxylic acids is 1. The zero-order valence-electron chi connectivity index (χ0n) is 20.2. The van der Waals surface area contributed by atoms with Crippen molar-refractivity contribution in [2.24, 2.45) is 17.3 Å². The maximum atomic E-state index is 12.5. The molecule has 2 aliphatic heterocycles. The number of aliphatic hydroxyl groups excluding tert-OH is 1. The molecule has 1 aliphatic carbocycles. The first-order valence-electron chi connectivity index (χ1n) is 11.4. The van der Waals surface area contributed by atoms with E-state index in [1.807, 2.05) is 20.8 Å². The van der Waals surface area contributed by atoms with E-state index < -0.39 is 40.6 Å². The van der Waals surface area contributed by atoms with Gasteiger partial charge in [-0.25, -0.2) is 4.79 Å². The summed E-state index contributed by atoms with van der Waals surface area (Å²) in [5.41, 5.74) is -0.0651. The minimum Gasteiger partial charge on any atom is -0.495 e. The first-order valence-corrected chi connectivity index (χ1v) is 11.4. The lowest BCUT2D eigenvalue weighted by Crippen LogP contribution is -2.66. The third-order valence-electron chi connectivity index (χ3n) is 8.25. The lowest BCUT2D eigenvalue weighted by molar-refractivity contribution is -0.213. The highest BCUT2D eigenvalue weighted by atomic mass is 16.5. The summed E-state index contributed by atoms with van der Waals surface area (Å²) in [6.45, 7) is 9.27. The van der Waals surface area contributed by atoms with Gasteiger partial charge in [0.05, 0.1) is 18.8 Å². The maximum absolute atomic E-state index is 12.5. The fourth-order valence-electron chi connectivity index (χ4n) is 7.11. The number of carbonyl (C=O) groups excluding carboxylic acids is 1. The van der Waals surface area contributed by atoms with Gasteiger partial charge in [-0.05, 0) is 51.5 Å². The second-order valence-electron chi connectivity index (χ2n) is 10.9. The fraction of sp³-hybridized carbons (Fsp3) is 0.680. The molecule has 1 saturated carbocycles. The largest absolute Gasteiger partial charge is 0.495 e. The quantitative estimate of drug-likeness (QED) is 0.571. The number of carbonyl (C=O) groups is 2. The first-order chi connectivity index (χ1) is 15.2. The lowest BCUT2D eigenvalue weighted by atomic mass is 9.48. The van der Waals surface area contributed by atoms with Crippen molar-refractivity contribution in [3.63, 3.8) is 0 Å². The Bertz CT molecular complexity index is 1010. The van der Waals surface area contributed by atoms with E-state index in [0.717, 1.165) is 16.7 Å². The molecule has 0 bridgehead atoms. The van der Waals surface area contributed by atoms with Crippen LogP contribution >= 0.6 is 0 Å². The van der Waals surface area contributed by atoms with Crippen molar-refractivity contribution in [1.82, 2.24) is 0 Å². The molecule has 1 fully saturated rings. The second-order valence-corrected chi connectivity index (χ2v) is 10.9. The number of hydrogen-bond donors (Lipinski definition) is 3. The Balaban J connectivity index is 1.91. The molecule has 0 saturated heterocycles. The number of hydrogen-bond acceptors (Lipinski definition) is 7. The molecule has 33 heavy (non-hydrogen) atoms. The number of cyclic esters (lactones) is 1. The molecule has 8 nitrogen and oxygen atoms in total. The van der Waals surface area contributed by atoms with Gasteiger partial charge >= 0.3 is 11.9 Å². The predicted molar refractivity (Wildman–Crippen MR) is 118 cm³/mol. The molecular formula is C25H34O8. The number of aliphatic carboxylic acids is 1. The zero-order chi connectivity index (χ0) is 24.5. The molecule has 1 aromatic rings. The van der Waals surface area contributed by atoms with Gasteiger partial charge in [-0.1, -0.05) is 6.92 Å². The molecule has 0 radical (unpaired) electrons. The lowest BCUT2D eigenvalue weighted by Gasteiger charge is -2.61. The Hall–Kier alpha value is -2.32. The number of fused-ring (bicyclic) bond motifs is 3. The summed E-state index contributed by atoms with van der Waals surface area (Å²) in [6, 6.07) is 0. The van der Waals surface area contributed by atoms with Gasteiger partial charge < -0.3 is 29.5 Å². The van der Waals surface area contributed by atoms with Crippen LogP contribution in [-0.4, -0.2) is 51.7 Å². The van der Waals surface area contributed by atoms with E-state index in [2.05, 4.69) is 0 Å². The summed E-state index contributed by atoms with van der Waals surface area (Å²) >= 11 is 0. The number of benzene rings is 1. The first kappa shape index (κ1) is 23.8. The normalized spacial score (nSPS) is 32.8. The van der Waals surface area contributed by atoms with Crippen LogP contribution in [0.1, 0.15) is 74.0 Å². The van der Waals surface area contributed by atoms with E-state index in [9.17, 15) is 24.9 Å². The number of rotatable bonds is 5. The molecule has 182 valence electrons. The highest BCUT2D eigenvalue weighted by molar-refractivity contribution is 5.98. The highest BCUT2D eigenvalue weighted by Gasteiger charge is 2.63. The Labute approximate surface area is 193 Å². The summed E-state index contributed by atoms with van der Waals surface area (Å²) < 4.78 is 17.6. The number of carboxylic acid groups (broad SMARTS) is 1. The number of ether oxygens (including phenoxy) is 3. The van der Waals surface area contributed by atoms with Crippen molar-refractivity contribution in [3.05, 3.63) is 22.3 Å². The molecule has 1 aromatic carbocycles. The number of esters is 1. The summed E-state index contributed by atoms with van der Waals surface area (Å²) in [5, 5.41) is 31.8. The van der Waals surface area contributed by atoms with Crippen LogP contribution in [0.15, 0.2) is 0 Å². The van der Waals surface area contributed by atoms with Crippen molar-refractivity contribution < 1.29 is 39.1 Å². The van der Waals surface area contributed by atoms with Crippen LogP contribution in [0.5, 0.6) is 11.5 Å². The average molecular weight is 463 g/mol. The molecule has 8 heteroatoms. The van der Waals surface area contributed by atoms with Crippen molar-refractivity contribution in [2.75, 3.05) is 7.11 Å². The zero-order valence-corrected chi connectivity index (χ0v) is 20.2.